The third kappa shape index (κ3) is 1.84. The molecule has 0 radical (unpaired) electrons. The number of fused-ring (bicyclic) bond motifs is 1. The lowest BCUT2D eigenvalue weighted by Crippen LogP contribution is -2.31. The van der Waals surface area contributed by atoms with Crippen LogP contribution in [0.25, 0.3) is 10.4 Å². The first kappa shape index (κ1) is 11.2. The Labute approximate surface area is 108 Å². The maximum atomic E-state index is 11.8. The molecule has 2 aromatic rings. The van der Waals surface area contributed by atoms with E-state index in [0.717, 1.165) is 34.3 Å². The minimum Gasteiger partial charge on any atom is -0.352 e. The predicted octanol–water partition coefficient (Wildman–Crippen LogP) is 2.51. The van der Waals surface area contributed by atoms with Crippen LogP contribution in [0.5, 0.6) is 0 Å². The summed E-state index contributed by atoms with van der Waals surface area (Å²) in [6.07, 6.45) is 1.73. The highest BCUT2D eigenvalue weighted by Gasteiger charge is 2.17. The Morgan fingerprint density at radius 3 is 2.89 bits per heavy atom. The van der Waals surface area contributed by atoms with Crippen molar-refractivity contribution in [3.05, 3.63) is 46.3 Å². The van der Waals surface area contributed by atoms with Gasteiger partial charge in [-0.05, 0) is 35.7 Å². The maximum Gasteiger partial charge on any atom is 0.251 e. The second-order valence-corrected chi connectivity index (χ2v) is 5.31. The zero-order valence-electron chi connectivity index (χ0n) is 9.60. The number of nitrogens with one attached hydrogen (secondary N) is 1. The molecule has 1 aliphatic heterocycles. The van der Waals surface area contributed by atoms with E-state index in [-0.39, 0.29) is 5.91 Å². The van der Waals surface area contributed by atoms with Crippen LogP contribution in [0.2, 0.25) is 0 Å². The van der Waals surface area contributed by atoms with E-state index in [1.807, 2.05) is 24.3 Å². The number of aldehydes is 1. The van der Waals surface area contributed by atoms with E-state index in [1.54, 1.807) is 6.07 Å². The van der Waals surface area contributed by atoms with Crippen molar-refractivity contribution in [1.29, 1.82) is 0 Å². The van der Waals surface area contributed by atoms with Crippen molar-refractivity contribution in [1.82, 2.24) is 5.32 Å². The van der Waals surface area contributed by atoms with E-state index in [9.17, 15) is 9.59 Å². The molecule has 0 atom stereocenters. The molecule has 0 aliphatic carbocycles. The summed E-state index contributed by atoms with van der Waals surface area (Å²) in [5, 5.41) is 2.84. The van der Waals surface area contributed by atoms with Crippen molar-refractivity contribution >= 4 is 23.5 Å². The Hall–Kier alpha value is -1.94. The minimum absolute atomic E-state index is 0.00901. The highest BCUT2D eigenvalue weighted by Crippen LogP contribution is 2.29. The monoisotopic (exact) mass is 257 g/mol. The molecule has 90 valence electrons. The highest BCUT2D eigenvalue weighted by atomic mass is 32.1. The molecule has 1 amide bonds. The molecule has 4 heteroatoms. The van der Waals surface area contributed by atoms with Crippen molar-refractivity contribution in [3.63, 3.8) is 0 Å². The molecule has 0 saturated heterocycles. The molecule has 0 unspecified atom stereocenters. The van der Waals surface area contributed by atoms with Crippen molar-refractivity contribution < 1.29 is 9.59 Å². The van der Waals surface area contributed by atoms with E-state index in [4.69, 9.17) is 0 Å². The van der Waals surface area contributed by atoms with Crippen molar-refractivity contribution in [3.8, 4) is 10.4 Å². The fourth-order valence-electron chi connectivity index (χ4n) is 2.14. The van der Waals surface area contributed by atoms with Crippen molar-refractivity contribution in [2.45, 2.75) is 6.42 Å². The summed E-state index contributed by atoms with van der Waals surface area (Å²) >= 11 is 1.44. The molecule has 1 aliphatic rings. The molecule has 2 heterocycles. The number of hydrogen-bond donors (Lipinski definition) is 1. The molecule has 1 aromatic heterocycles. The van der Waals surface area contributed by atoms with Gasteiger partial charge in [-0.2, -0.15) is 0 Å². The number of carbonyl (C=O) groups is 2. The van der Waals surface area contributed by atoms with Crippen LogP contribution in [0, 0.1) is 0 Å². The summed E-state index contributed by atoms with van der Waals surface area (Å²) in [7, 11) is 0. The van der Waals surface area contributed by atoms with Crippen LogP contribution in [0.1, 0.15) is 25.6 Å². The number of carbonyl (C=O) groups excluding carboxylic acids is 2. The standard InChI is InChI=1S/C14H11NO2S/c16-8-11-3-4-13(18-11)10-2-1-9-5-6-15-14(17)12(9)7-10/h1-4,7-8H,5-6H2,(H,15,17). The largest absolute Gasteiger partial charge is 0.352 e. The van der Waals surface area contributed by atoms with Crippen LogP contribution in [0.4, 0.5) is 0 Å². The van der Waals surface area contributed by atoms with Gasteiger partial charge in [-0.15, -0.1) is 11.3 Å². The van der Waals surface area contributed by atoms with Crippen LogP contribution in [-0.2, 0) is 6.42 Å². The number of hydrogen-bond acceptors (Lipinski definition) is 3. The zero-order valence-corrected chi connectivity index (χ0v) is 10.4. The van der Waals surface area contributed by atoms with Crippen molar-refractivity contribution in [2.75, 3.05) is 6.54 Å². The summed E-state index contributed by atoms with van der Waals surface area (Å²) < 4.78 is 0. The SMILES string of the molecule is O=Cc1ccc(-c2ccc3c(c2)C(=O)NCC3)s1. The van der Waals surface area contributed by atoms with Gasteiger partial charge < -0.3 is 5.32 Å². The van der Waals surface area contributed by atoms with Gasteiger partial charge in [0.1, 0.15) is 0 Å². The van der Waals surface area contributed by atoms with Crippen LogP contribution in [-0.4, -0.2) is 18.7 Å². The van der Waals surface area contributed by atoms with Gasteiger partial charge in [0.15, 0.2) is 6.29 Å². The zero-order chi connectivity index (χ0) is 12.5. The first-order chi connectivity index (χ1) is 8.78. The molecule has 0 fully saturated rings. The molecule has 0 saturated carbocycles. The third-order valence-corrected chi connectivity index (χ3v) is 4.12. The summed E-state index contributed by atoms with van der Waals surface area (Å²) in [4.78, 5) is 24.2. The van der Waals surface area contributed by atoms with Crippen LogP contribution >= 0.6 is 11.3 Å². The lowest BCUT2D eigenvalue weighted by Gasteiger charge is -2.16. The van der Waals surface area contributed by atoms with E-state index < -0.39 is 0 Å². The molecule has 0 spiro atoms. The Kier molecular flexibility index (Phi) is 2.72. The molecular formula is C14H11NO2S. The molecule has 18 heavy (non-hydrogen) atoms. The Morgan fingerprint density at radius 1 is 1.22 bits per heavy atom. The fraction of sp³-hybridized carbons (Fsp3) is 0.143. The van der Waals surface area contributed by atoms with Gasteiger partial charge in [-0.25, -0.2) is 0 Å². The highest BCUT2D eigenvalue weighted by molar-refractivity contribution is 7.17. The maximum absolute atomic E-state index is 11.8. The van der Waals surface area contributed by atoms with Crippen molar-refractivity contribution in [2.24, 2.45) is 0 Å². The average Bonchev–Trinajstić information content (AvgIpc) is 2.88. The number of thiophene rings is 1. The van der Waals surface area contributed by atoms with Crippen LogP contribution < -0.4 is 5.32 Å². The molecule has 1 aromatic carbocycles. The fourth-order valence-corrected chi connectivity index (χ4v) is 2.96. The summed E-state index contributed by atoms with van der Waals surface area (Å²) in [6, 6.07) is 9.63. The second-order valence-electron chi connectivity index (χ2n) is 4.20. The van der Waals surface area contributed by atoms with Gasteiger partial charge in [0.25, 0.3) is 5.91 Å². The number of benzene rings is 1. The van der Waals surface area contributed by atoms with Crippen LogP contribution in [0.3, 0.4) is 0 Å². The minimum atomic E-state index is -0.00901. The van der Waals surface area contributed by atoms with Gasteiger partial charge >= 0.3 is 0 Å². The molecule has 3 nitrogen and oxygen atoms in total. The number of amides is 1. The molecule has 1 N–H and O–H groups in total. The third-order valence-electron chi connectivity index (χ3n) is 3.06. The lowest BCUT2D eigenvalue weighted by molar-refractivity contribution is 0.0945. The number of rotatable bonds is 2. The van der Waals surface area contributed by atoms with Crippen LogP contribution in [0.15, 0.2) is 30.3 Å². The van der Waals surface area contributed by atoms with Gasteiger partial charge in [-0.1, -0.05) is 12.1 Å². The molecular weight excluding hydrogens is 246 g/mol. The average molecular weight is 257 g/mol. The van der Waals surface area contributed by atoms with Gasteiger partial charge in [0, 0.05) is 17.0 Å². The van der Waals surface area contributed by atoms with Gasteiger partial charge in [0.05, 0.1) is 4.88 Å². The van der Waals surface area contributed by atoms with E-state index in [0.29, 0.717) is 11.4 Å². The normalized spacial score (nSPS) is 13.9. The topological polar surface area (TPSA) is 46.2 Å². The lowest BCUT2D eigenvalue weighted by atomic mass is 9.97. The van der Waals surface area contributed by atoms with E-state index >= 15 is 0 Å². The first-order valence-electron chi connectivity index (χ1n) is 5.74. The molecule has 0 bridgehead atoms. The van der Waals surface area contributed by atoms with E-state index in [1.165, 1.54) is 11.3 Å². The quantitative estimate of drug-likeness (QED) is 0.840. The molecule has 3 rings (SSSR count). The van der Waals surface area contributed by atoms with Gasteiger partial charge in [-0.3, -0.25) is 9.59 Å². The first-order valence-corrected chi connectivity index (χ1v) is 6.56. The Balaban J connectivity index is 2.06. The summed E-state index contributed by atoms with van der Waals surface area (Å²) in [5.74, 6) is -0.00901. The summed E-state index contributed by atoms with van der Waals surface area (Å²) in [6.45, 7) is 0.708. The predicted molar refractivity (Wildman–Crippen MR) is 71.2 cm³/mol. The second kappa shape index (κ2) is 4.38. The Morgan fingerprint density at radius 2 is 2.11 bits per heavy atom. The smallest absolute Gasteiger partial charge is 0.251 e. The van der Waals surface area contributed by atoms with Gasteiger partial charge in [0.2, 0.25) is 0 Å². The Bertz CT molecular complexity index is 630. The van der Waals surface area contributed by atoms with E-state index in [2.05, 4.69) is 5.32 Å². The summed E-state index contributed by atoms with van der Waals surface area (Å²) in [5.41, 5.74) is 2.83.